The van der Waals surface area contributed by atoms with Crippen LogP contribution in [0.15, 0.2) is 24.3 Å². The summed E-state index contributed by atoms with van der Waals surface area (Å²) in [5.74, 6) is -0.197. The molecule has 0 amide bonds. The Bertz CT molecular complexity index is 292. The van der Waals surface area contributed by atoms with Crippen molar-refractivity contribution in [1.82, 2.24) is 0 Å². The van der Waals surface area contributed by atoms with E-state index in [9.17, 15) is 4.39 Å². The van der Waals surface area contributed by atoms with E-state index >= 15 is 0 Å². The number of rotatable bonds is 2. The normalized spacial score (nSPS) is 10.9. The fourth-order valence-electron chi connectivity index (χ4n) is 1.02. The van der Waals surface area contributed by atoms with Crippen LogP contribution in [0, 0.1) is 12.7 Å². The molecule has 0 fully saturated rings. The van der Waals surface area contributed by atoms with Crippen molar-refractivity contribution >= 4 is 6.08 Å². The van der Waals surface area contributed by atoms with E-state index in [2.05, 4.69) is 0 Å². The van der Waals surface area contributed by atoms with Gasteiger partial charge in [-0.15, -0.1) is 0 Å². The Morgan fingerprint density at radius 1 is 1.50 bits per heavy atom. The predicted molar refractivity (Wildman–Crippen MR) is 49.2 cm³/mol. The van der Waals surface area contributed by atoms with Crippen molar-refractivity contribution in [2.45, 2.75) is 6.92 Å². The first-order valence-corrected chi connectivity index (χ1v) is 3.87. The number of nitrogens with two attached hydrogens (primary N) is 1. The lowest BCUT2D eigenvalue weighted by Gasteiger charge is -1.98. The maximum absolute atomic E-state index is 12.6. The molecule has 0 saturated carbocycles. The van der Waals surface area contributed by atoms with Gasteiger partial charge in [-0.25, -0.2) is 4.39 Å². The van der Waals surface area contributed by atoms with Crippen molar-refractivity contribution in [2.75, 3.05) is 6.54 Å². The summed E-state index contributed by atoms with van der Waals surface area (Å²) in [7, 11) is 0. The first-order chi connectivity index (χ1) is 5.74. The zero-order chi connectivity index (χ0) is 8.97. The topological polar surface area (TPSA) is 26.0 Å². The van der Waals surface area contributed by atoms with Crippen LogP contribution in [-0.4, -0.2) is 6.54 Å². The second-order valence-corrected chi connectivity index (χ2v) is 2.64. The van der Waals surface area contributed by atoms with Gasteiger partial charge in [0.1, 0.15) is 5.82 Å². The lowest BCUT2D eigenvalue weighted by molar-refractivity contribution is 0.626. The third kappa shape index (κ3) is 2.17. The van der Waals surface area contributed by atoms with Gasteiger partial charge in [-0.1, -0.05) is 18.2 Å². The highest BCUT2D eigenvalue weighted by Crippen LogP contribution is 2.11. The summed E-state index contributed by atoms with van der Waals surface area (Å²) in [6.07, 6.45) is 3.75. The molecule has 0 atom stereocenters. The first-order valence-electron chi connectivity index (χ1n) is 3.87. The Hall–Kier alpha value is -1.15. The quantitative estimate of drug-likeness (QED) is 0.713. The van der Waals surface area contributed by atoms with Crippen molar-refractivity contribution in [2.24, 2.45) is 5.73 Å². The molecule has 64 valence electrons. The van der Waals surface area contributed by atoms with Crippen molar-refractivity contribution in [3.8, 4) is 0 Å². The maximum atomic E-state index is 12.6. The monoisotopic (exact) mass is 165 g/mol. The molecule has 0 aliphatic rings. The molecule has 0 saturated heterocycles. The highest BCUT2D eigenvalue weighted by molar-refractivity contribution is 5.53. The predicted octanol–water partition coefficient (Wildman–Crippen LogP) is 2.11. The van der Waals surface area contributed by atoms with Crippen LogP contribution >= 0.6 is 0 Å². The Morgan fingerprint density at radius 2 is 2.25 bits per heavy atom. The van der Waals surface area contributed by atoms with E-state index in [1.54, 1.807) is 6.07 Å². The Labute approximate surface area is 71.7 Å². The minimum atomic E-state index is -0.197. The van der Waals surface area contributed by atoms with Gasteiger partial charge in [0.05, 0.1) is 0 Å². The van der Waals surface area contributed by atoms with E-state index in [1.807, 2.05) is 19.1 Å². The second-order valence-electron chi connectivity index (χ2n) is 2.64. The summed E-state index contributed by atoms with van der Waals surface area (Å²) in [5, 5.41) is 0. The van der Waals surface area contributed by atoms with Crippen LogP contribution in [-0.2, 0) is 0 Å². The molecule has 1 aromatic carbocycles. The summed E-state index contributed by atoms with van der Waals surface area (Å²) >= 11 is 0. The molecule has 1 nitrogen and oxygen atoms in total. The molecule has 1 aromatic rings. The molecule has 0 heterocycles. The van der Waals surface area contributed by atoms with Gasteiger partial charge >= 0.3 is 0 Å². The van der Waals surface area contributed by atoms with Crippen molar-refractivity contribution < 1.29 is 4.39 Å². The number of benzene rings is 1. The molecule has 12 heavy (non-hydrogen) atoms. The largest absolute Gasteiger partial charge is 0.327 e. The Kier molecular flexibility index (Phi) is 3.00. The molecular weight excluding hydrogens is 153 g/mol. The van der Waals surface area contributed by atoms with E-state index in [1.165, 1.54) is 12.1 Å². The van der Waals surface area contributed by atoms with Gasteiger partial charge in [0.2, 0.25) is 0 Å². The molecule has 1 rings (SSSR count). The van der Waals surface area contributed by atoms with Gasteiger partial charge in [0.15, 0.2) is 0 Å². The zero-order valence-corrected chi connectivity index (χ0v) is 7.05. The summed E-state index contributed by atoms with van der Waals surface area (Å²) in [5.41, 5.74) is 7.24. The molecule has 2 heteroatoms. The highest BCUT2D eigenvalue weighted by Gasteiger charge is 1.94. The molecule has 0 aliphatic heterocycles. The second kappa shape index (κ2) is 4.02. The number of hydrogen-bond acceptors (Lipinski definition) is 1. The van der Waals surface area contributed by atoms with Gasteiger partial charge in [0, 0.05) is 6.54 Å². The van der Waals surface area contributed by atoms with E-state index in [0.717, 1.165) is 11.1 Å². The third-order valence-electron chi connectivity index (χ3n) is 1.67. The average molecular weight is 165 g/mol. The maximum Gasteiger partial charge on any atom is 0.123 e. The molecule has 0 aliphatic carbocycles. The minimum absolute atomic E-state index is 0.197. The van der Waals surface area contributed by atoms with Crippen LogP contribution in [0.3, 0.4) is 0 Å². The molecule has 0 radical (unpaired) electrons. The van der Waals surface area contributed by atoms with E-state index < -0.39 is 0 Å². The number of aryl methyl sites for hydroxylation is 1. The smallest absolute Gasteiger partial charge is 0.123 e. The van der Waals surface area contributed by atoms with Gasteiger partial charge in [-0.2, -0.15) is 0 Å². The summed E-state index contributed by atoms with van der Waals surface area (Å²) < 4.78 is 12.6. The van der Waals surface area contributed by atoms with Crippen molar-refractivity contribution in [3.63, 3.8) is 0 Å². The van der Waals surface area contributed by atoms with Gasteiger partial charge < -0.3 is 5.73 Å². The molecule has 0 spiro atoms. The van der Waals surface area contributed by atoms with Crippen molar-refractivity contribution in [1.29, 1.82) is 0 Å². The van der Waals surface area contributed by atoms with Crippen LogP contribution in [0.4, 0.5) is 4.39 Å². The lowest BCUT2D eigenvalue weighted by atomic mass is 10.1. The fourth-order valence-corrected chi connectivity index (χ4v) is 1.02. The third-order valence-corrected chi connectivity index (χ3v) is 1.67. The zero-order valence-electron chi connectivity index (χ0n) is 7.05. The van der Waals surface area contributed by atoms with Gasteiger partial charge in [0.25, 0.3) is 0 Å². The molecule has 0 unspecified atom stereocenters. The Morgan fingerprint density at radius 3 is 2.83 bits per heavy atom. The molecular formula is C10H12FN. The highest BCUT2D eigenvalue weighted by atomic mass is 19.1. The summed E-state index contributed by atoms with van der Waals surface area (Å²) in [4.78, 5) is 0. The van der Waals surface area contributed by atoms with Crippen LogP contribution in [0.1, 0.15) is 11.1 Å². The van der Waals surface area contributed by atoms with E-state index in [4.69, 9.17) is 5.73 Å². The molecule has 2 N–H and O–H groups in total. The molecule has 0 aromatic heterocycles. The molecule has 0 bridgehead atoms. The Balaban J connectivity index is 2.94. The number of halogens is 1. The van der Waals surface area contributed by atoms with E-state index in [-0.39, 0.29) is 5.82 Å². The minimum Gasteiger partial charge on any atom is -0.327 e. The van der Waals surface area contributed by atoms with Gasteiger partial charge in [-0.05, 0) is 30.2 Å². The van der Waals surface area contributed by atoms with Gasteiger partial charge in [-0.3, -0.25) is 0 Å². The lowest BCUT2D eigenvalue weighted by Crippen LogP contribution is -1.92. The van der Waals surface area contributed by atoms with Crippen LogP contribution < -0.4 is 5.73 Å². The van der Waals surface area contributed by atoms with Crippen molar-refractivity contribution in [3.05, 3.63) is 41.2 Å². The summed E-state index contributed by atoms with van der Waals surface area (Å²) in [6.45, 7) is 2.39. The SMILES string of the molecule is Cc1cc(F)ccc1C=CCN. The fraction of sp³-hybridized carbons (Fsp3) is 0.200. The first kappa shape index (κ1) is 8.94. The summed E-state index contributed by atoms with van der Waals surface area (Å²) in [6, 6.07) is 4.70. The average Bonchev–Trinajstić information content (AvgIpc) is 2.03. The van der Waals surface area contributed by atoms with E-state index in [0.29, 0.717) is 6.54 Å². The van der Waals surface area contributed by atoms with Crippen LogP contribution in [0.5, 0.6) is 0 Å². The van der Waals surface area contributed by atoms with Crippen LogP contribution in [0.2, 0.25) is 0 Å². The standard InChI is InChI=1S/C10H12FN/c1-8-7-10(11)5-4-9(8)3-2-6-12/h2-5,7H,6,12H2,1H3. The number of hydrogen-bond donors (Lipinski definition) is 1. The van der Waals surface area contributed by atoms with Crippen LogP contribution in [0.25, 0.3) is 6.08 Å².